The summed E-state index contributed by atoms with van der Waals surface area (Å²) < 4.78 is 47.5. The molecule has 5 nitrogen and oxygen atoms in total. The van der Waals surface area contributed by atoms with Crippen LogP contribution in [-0.2, 0) is 12.6 Å². The van der Waals surface area contributed by atoms with Crippen molar-refractivity contribution < 1.29 is 27.5 Å². The summed E-state index contributed by atoms with van der Waals surface area (Å²) in [5, 5.41) is 0. The van der Waals surface area contributed by atoms with Gasteiger partial charge in [0.2, 0.25) is 0 Å². The van der Waals surface area contributed by atoms with E-state index in [2.05, 4.69) is 0 Å². The van der Waals surface area contributed by atoms with Crippen LogP contribution in [0.15, 0.2) is 78.9 Å². The van der Waals surface area contributed by atoms with E-state index in [-0.39, 0.29) is 24.6 Å². The van der Waals surface area contributed by atoms with Gasteiger partial charge >= 0.3 is 6.18 Å². The summed E-state index contributed by atoms with van der Waals surface area (Å²) in [6, 6.07) is 20.7. The lowest BCUT2D eigenvalue weighted by atomic mass is 10.0. The number of ether oxygens (including phenoxy) is 1. The van der Waals surface area contributed by atoms with Crippen LogP contribution in [0.2, 0.25) is 0 Å². The molecule has 1 heterocycles. The highest BCUT2D eigenvalue weighted by Gasteiger charge is 2.37. The Bertz CT molecular complexity index is 1230. The molecule has 0 saturated heterocycles. The third-order valence-corrected chi connectivity index (χ3v) is 6.52. The molecule has 0 unspecified atom stereocenters. The normalized spacial score (nSPS) is 17.3. The fourth-order valence-electron chi connectivity index (χ4n) is 4.56. The Morgan fingerprint density at radius 1 is 0.919 bits per heavy atom. The van der Waals surface area contributed by atoms with Crippen molar-refractivity contribution in [3.8, 4) is 5.75 Å². The second-order valence-corrected chi connectivity index (χ2v) is 9.13. The lowest BCUT2D eigenvalue weighted by Gasteiger charge is -2.34. The molecular weight excluding hydrogens is 481 g/mol. The second kappa shape index (κ2) is 11.5. The van der Waals surface area contributed by atoms with E-state index >= 15 is 0 Å². The van der Waals surface area contributed by atoms with Crippen LogP contribution in [0.5, 0.6) is 5.75 Å². The number of carbonyl (C=O) groups excluding carboxylic acids is 2. The Labute approximate surface area is 214 Å². The van der Waals surface area contributed by atoms with E-state index in [0.29, 0.717) is 37.1 Å². The maximum atomic E-state index is 13.8. The molecule has 194 valence electrons. The molecule has 0 radical (unpaired) electrons. The van der Waals surface area contributed by atoms with Gasteiger partial charge in [-0.05, 0) is 49.1 Å². The zero-order chi connectivity index (χ0) is 26.4. The first-order valence-electron chi connectivity index (χ1n) is 12.2. The van der Waals surface area contributed by atoms with E-state index in [1.807, 2.05) is 30.3 Å². The van der Waals surface area contributed by atoms with Crippen LogP contribution in [0.4, 0.5) is 13.2 Å². The molecule has 1 aliphatic heterocycles. The number of halogens is 3. The summed E-state index contributed by atoms with van der Waals surface area (Å²) in [7, 11) is 1.70. The molecular formula is C29H29F3N2O3. The number of rotatable bonds is 3. The predicted molar refractivity (Wildman–Crippen MR) is 135 cm³/mol. The van der Waals surface area contributed by atoms with E-state index in [0.717, 1.165) is 11.6 Å². The Hall–Kier alpha value is -3.81. The second-order valence-electron chi connectivity index (χ2n) is 9.13. The minimum Gasteiger partial charge on any atom is -0.491 e. The van der Waals surface area contributed by atoms with E-state index < -0.39 is 23.7 Å². The molecule has 2 amide bonds. The third kappa shape index (κ3) is 6.31. The molecule has 0 aromatic heterocycles. The fourth-order valence-corrected chi connectivity index (χ4v) is 4.56. The van der Waals surface area contributed by atoms with E-state index in [1.165, 1.54) is 23.1 Å². The minimum absolute atomic E-state index is 0.0167. The SMILES string of the molecule is CN1CCCCN(C(=O)c2ccccc2C(F)(F)F)[C@@H](Cc2ccccc2)COc2ccccc2C1=O. The highest BCUT2D eigenvalue weighted by molar-refractivity contribution is 5.97. The van der Waals surface area contributed by atoms with Crippen LogP contribution >= 0.6 is 0 Å². The molecule has 0 aliphatic carbocycles. The number of amides is 2. The van der Waals surface area contributed by atoms with Gasteiger partial charge in [-0.1, -0.05) is 54.6 Å². The standard InChI is InChI=1S/C29H29F3N2O3/c1-33-17-9-10-18-34(28(36)23-13-5-7-15-25(23)29(30,31)32)22(19-21-11-3-2-4-12-21)20-37-26-16-8-6-14-24(26)27(33)35/h2-8,11-16,22H,9-10,17-20H2,1H3/t22-/m0/s1. The van der Waals surface area contributed by atoms with Crippen molar-refractivity contribution in [2.24, 2.45) is 0 Å². The fraction of sp³-hybridized carbons (Fsp3) is 0.310. The molecule has 0 N–H and O–H groups in total. The topological polar surface area (TPSA) is 49.9 Å². The average molecular weight is 511 g/mol. The van der Waals surface area contributed by atoms with Crippen molar-refractivity contribution in [3.05, 3.63) is 101 Å². The largest absolute Gasteiger partial charge is 0.491 e. The van der Waals surface area contributed by atoms with Crippen molar-refractivity contribution in [1.82, 2.24) is 9.80 Å². The summed E-state index contributed by atoms with van der Waals surface area (Å²) in [6.45, 7) is 0.691. The number of nitrogens with zero attached hydrogens (tertiary/aromatic N) is 2. The average Bonchev–Trinajstić information content (AvgIpc) is 2.90. The number of fused-ring (bicyclic) bond motifs is 1. The first-order chi connectivity index (χ1) is 17.8. The van der Waals surface area contributed by atoms with Crippen molar-refractivity contribution in [3.63, 3.8) is 0 Å². The van der Waals surface area contributed by atoms with Crippen LogP contribution in [-0.4, -0.2) is 54.4 Å². The molecule has 0 spiro atoms. The molecule has 4 rings (SSSR count). The zero-order valence-corrected chi connectivity index (χ0v) is 20.6. The van der Waals surface area contributed by atoms with Crippen LogP contribution in [0.1, 0.15) is 44.7 Å². The minimum atomic E-state index is -4.66. The molecule has 0 saturated carbocycles. The quantitative estimate of drug-likeness (QED) is 0.454. The lowest BCUT2D eigenvalue weighted by Crippen LogP contribution is -2.46. The van der Waals surface area contributed by atoms with Gasteiger partial charge in [0.25, 0.3) is 11.8 Å². The summed E-state index contributed by atoms with van der Waals surface area (Å²) in [6.07, 6.45) is -3.17. The van der Waals surface area contributed by atoms with Crippen LogP contribution < -0.4 is 4.74 Å². The van der Waals surface area contributed by atoms with Gasteiger partial charge in [-0.2, -0.15) is 13.2 Å². The summed E-state index contributed by atoms with van der Waals surface area (Å²) in [4.78, 5) is 29.8. The van der Waals surface area contributed by atoms with Gasteiger partial charge in [0.1, 0.15) is 12.4 Å². The Morgan fingerprint density at radius 2 is 1.57 bits per heavy atom. The maximum absolute atomic E-state index is 13.8. The smallest absolute Gasteiger partial charge is 0.417 e. The van der Waals surface area contributed by atoms with Gasteiger partial charge in [0, 0.05) is 20.1 Å². The van der Waals surface area contributed by atoms with Crippen LogP contribution in [0, 0.1) is 0 Å². The Morgan fingerprint density at radius 3 is 2.32 bits per heavy atom. The van der Waals surface area contributed by atoms with Gasteiger partial charge in [0.15, 0.2) is 0 Å². The highest BCUT2D eigenvalue weighted by Crippen LogP contribution is 2.33. The van der Waals surface area contributed by atoms with Crippen molar-refractivity contribution >= 4 is 11.8 Å². The molecule has 1 aliphatic rings. The molecule has 0 bridgehead atoms. The first-order valence-corrected chi connectivity index (χ1v) is 12.2. The summed E-state index contributed by atoms with van der Waals surface area (Å²) in [5.41, 5.74) is -0.00690. The number of para-hydroxylation sites is 1. The van der Waals surface area contributed by atoms with Gasteiger partial charge in [-0.25, -0.2) is 0 Å². The van der Waals surface area contributed by atoms with Gasteiger partial charge in [0.05, 0.1) is 22.7 Å². The van der Waals surface area contributed by atoms with E-state index in [4.69, 9.17) is 4.74 Å². The molecule has 3 aromatic carbocycles. The van der Waals surface area contributed by atoms with Crippen molar-refractivity contribution in [2.45, 2.75) is 31.5 Å². The lowest BCUT2D eigenvalue weighted by molar-refractivity contribution is -0.138. The Balaban J connectivity index is 1.74. The zero-order valence-electron chi connectivity index (χ0n) is 20.6. The van der Waals surface area contributed by atoms with Crippen molar-refractivity contribution in [1.29, 1.82) is 0 Å². The molecule has 0 fully saturated rings. The monoisotopic (exact) mass is 510 g/mol. The van der Waals surface area contributed by atoms with Crippen LogP contribution in [0.25, 0.3) is 0 Å². The van der Waals surface area contributed by atoms with Gasteiger partial charge in [-0.3, -0.25) is 9.59 Å². The van der Waals surface area contributed by atoms with Crippen LogP contribution in [0.3, 0.4) is 0 Å². The molecule has 1 atom stereocenters. The molecule has 8 heteroatoms. The van der Waals surface area contributed by atoms with Gasteiger partial charge < -0.3 is 14.5 Å². The molecule has 37 heavy (non-hydrogen) atoms. The number of hydrogen-bond donors (Lipinski definition) is 0. The van der Waals surface area contributed by atoms with Gasteiger partial charge in [-0.15, -0.1) is 0 Å². The molecule has 3 aromatic rings. The number of hydrogen-bond acceptors (Lipinski definition) is 3. The number of carbonyl (C=O) groups is 2. The Kier molecular flexibility index (Phi) is 8.16. The number of alkyl halides is 3. The highest BCUT2D eigenvalue weighted by atomic mass is 19.4. The number of benzene rings is 3. The first kappa shape index (κ1) is 26.3. The predicted octanol–water partition coefficient (Wildman–Crippen LogP) is 5.70. The maximum Gasteiger partial charge on any atom is 0.417 e. The third-order valence-electron chi connectivity index (χ3n) is 6.52. The summed E-state index contributed by atoms with van der Waals surface area (Å²) >= 11 is 0. The van der Waals surface area contributed by atoms with Crippen molar-refractivity contribution in [2.75, 3.05) is 26.7 Å². The van der Waals surface area contributed by atoms with E-state index in [9.17, 15) is 22.8 Å². The summed E-state index contributed by atoms with van der Waals surface area (Å²) in [5.74, 6) is -0.476. The van der Waals surface area contributed by atoms with E-state index in [1.54, 1.807) is 36.2 Å².